The molecular formula is C17H31N3S. The summed E-state index contributed by atoms with van der Waals surface area (Å²) in [5.74, 6) is 0.785. The molecule has 1 fully saturated rings. The van der Waals surface area contributed by atoms with Gasteiger partial charge in [-0.3, -0.25) is 0 Å². The van der Waals surface area contributed by atoms with E-state index in [1.165, 1.54) is 41.6 Å². The zero-order chi connectivity index (χ0) is 15.5. The van der Waals surface area contributed by atoms with Gasteiger partial charge in [0.15, 0.2) is 5.13 Å². The van der Waals surface area contributed by atoms with Gasteiger partial charge in [-0.15, -0.1) is 11.3 Å². The number of thiazole rings is 1. The quantitative estimate of drug-likeness (QED) is 0.803. The fraction of sp³-hybridized carbons (Fsp3) is 0.824. The second-order valence-corrected chi connectivity index (χ2v) is 8.26. The average molecular weight is 310 g/mol. The number of nitrogens with one attached hydrogen (secondary N) is 1. The van der Waals surface area contributed by atoms with Gasteiger partial charge in [0.1, 0.15) is 0 Å². The van der Waals surface area contributed by atoms with E-state index in [0.29, 0.717) is 5.41 Å². The first-order valence-corrected chi connectivity index (χ1v) is 9.21. The van der Waals surface area contributed by atoms with Gasteiger partial charge in [-0.05, 0) is 37.1 Å². The standard InChI is InChI=1S/C17H31N3S/c1-6-9-18-11-15-14(7-2)19-16(21-15)20-10-8-13(12-20)17(3,4)5/h13,18H,6-12H2,1-5H3. The fourth-order valence-corrected chi connectivity index (χ4v) is 4.09. The Morgan fingerprint density at radius 3 is 2.67 bits per heavy atom. The zero-order valence-corrected chi connectivity index (χ0v) is 15.1. The number of aromatic nitrogens is 1. The van der Waals surface area contributed by atoms with Gasteiger partial charge < -0.3 is 10.2 Å². The van der Waals surface area contributed by atoms with Crippen LogP contribution >= 0.6 is 11.3 Å². The smallest absolute Gasteiger partial charge is 0.185 e. The third kappa shape index (κ3) is 4.19. The molecule has 1 N–H and O–H groups in total. The van der Waals surface area contributed by atoms with Gasteiger partial charge >= 0.3 is 0 Å². The van der Waals surface area contributed by atoms with Crippen LogP contribution in [0.15, 0.2) is 0 Å². The monoisotopic (exact) mass is 309 g/mol. The molecule has 21 heavy (non-hydrogen) atoms. The van der Waals surface area contributed by atoms with Crippen LogP contribution in [-0.4, -0.2) is 24.6 Å². The Labute approximate surface area is 134 Å². The van der Waals surface area contributed by atoms with Crippen LogP contribution in [0, 0.1) is 11.3 Å². The van der Waals surface area contributed by atoms with Crippen molar-refractivity contribution in [2.75, 3.05) is 24.5 Å². The highest BCUT2D eigenvalue weighted by molar-refractivity contribution is 7.15. The summed E-state index contributed by atoms with van der Waals surface area (Å²) in [7, 11) is 0. The molecule has 1 atom stereocenters. The van der Waals surface area contributed by atoms with Gasteiger partial charge in [0.2, 0.25) is 0 Å². The molecule has 1 aromatic rings. The fourth-order valence-electron chi connectivity index (χ4n) is 2.94. The Morgan fingerprint density at radius 2 is 2.10 bits per heavy atom. The Hall–Kier alpha value is -0.610. The lowest BCUT2D eigenvalue weighted by atomic mass is 9.80. The Balaban J connectivity index is 2.04. The predicted molar refractivity (Wildman–Crippen MR) is 93.3 cm³/mol. The number of anilines is 1. The van der Waals surface area contributed by atoms with E-state index in [-0.39, 0.29) is 0 Å². The molecule has 0 aliphatic carbocycles. The highest BCUT2D eigenvalue weighted by atomic mass is 32.1. The molecule has 0 spiro atoms. The van der Waals surface area contributed by atoms with E-state index in [0.717, 1.165) is 25.4 Å². The minimum atomic E-state index is 0.408. The van der Waals surface area contributed by atoms with E-state index >= 15 is 0 Å². The highest BCUT2D eigenvalue weighted by Gasteiger charge is 2.33. The number of hydrogen-bond acceptors (Lipinski definition) is 4. The molecule has 0 radical (unpaired) electrons. The molecule has 0 amide bonds. The van der Waals surface area contributed by atoms with E-state index in [9.17, 15) is 0 Å². The summed E-state index contributed by atoms with van der Waals surface area (Å²) in [6.45, 7) is 15.9. The maximum absolute atomic E-state index is 4.91. The molecule has 1 aliphatic rings. The topological polar surface area (TPSA) is 28.2 Å². The Kier molecular flexibility index (Phi) is 5.67. The van der Waals surface area contributed by atoms with Crippen molar-refractivity contribution in [3.63, 3.8) is 0 Å². The van der Waals surface area contributed by atoms with Crippen molar-refractivity contribution in [1.29, 1.82) is 0 Å². The third-order valence-electron chi connectivity index (χ3n) is 4.50. The molecule has 2 rings (SSSR count). The van der Waals surface area contributed by atoms with Crippen LogP contribution in [0.25, 0.3) is 0 Å². The van der Waals surface area contributed by atoms with Gasteiger partial charge in [-0.1, -0.05) is 34.6 Å². The summed E-state index contributed by atoms with van der Waals surface area (Å²) in [5, 5.41) is 4.76. The van der Waals surface area contributed by atoms with Crippen molar-refractivity contribution in [2.24, 2.45) is 11.3 Å². The van der Waals surface area contributed by atoms with Crippen LogP contribution in [-0.2, 0) is 13.0 Å². The summed E-state index contributed by atoms with van der Waals surface area (Å²) in [4.78, 5) is 8.84. The molecule has 1 unspecified atom stereocenters. The maximum Gasteiger partial charge on any atom is 0.185 e. The first-order valence-electron chi connectivity index (χ1n) is 8.40. The highest BCUT2D eigenvalue weighted by Crippen LogP contribution is 2.37. The van der Waals surface area contributed by atoms with Crippen molar-refractivity contribution in [2.45, 2.75) is 60.4 Å². The summed E-state index contributed by atoms with van der Waals surface area (Å²) in [5.41, 5.74) is 1.70. The Morgan fingerprint density at radius 1 is 1.33 bits per heavy atom. The molecular weight excluding hydrogens is 278 g/mol. The van der Waals surface area contributed by atoms with E-state index in [4.69, 9.17) is 4.98 Å². The molecule has 1 saturated heterocycles. The first-order chi connectivity index (χ1) is 9.95. The minimum absolute atomic E-state index is 0.408. The van der Waals surface area contributed by atoms with E-state index in [1.54, 1.807) is 0 Å². The van der Waals surface area contributed by atoms with Gasteiger partial charge in [-0.2, -0.15) is 0 Å². The molecule has 120 valence electrons. The van der Waals surface area contributed by atoms with Crippen molar-refractivity contribution >= 4 is 16.5 Å². The average Bonchev–Trinajstić information content (AvgIpc) is 3.04. The summed E-state index contributed by atoms with van der Waals surface area (Å²) >= 11 is 1.90. The minimum Gasteiger partial charge on any atom is -0.348 e. The van der Waals surface area contributed by atoms with Crippen molar-refractivity contribution in [3.05, 3.63) is 10.6 Å². The molecule has 3 nitrogen and oxygen atoms in total. The predicted octanol–water partition coefficient (Wildman–Crippen LogP) is 4.08. The molecule has 1 aliphatic heterocycles. The van der Waals surface area contributed by atoms with E-state index < -0.39 is 0 Å². The third-order valence-corrected chi connectivity index (χ3v) is 5.66. The normalized spacial score (nSPS) is 19.5. The van der Waals surface area contributed by atoms with E-state index in [2.05, 4.69) is 44.8 Å². The van der Waals surface area contributed by atoms with Crippen LogP contribution in [0.4, 0.5) is 5.13 Å². The summed E-state index contributed by atoms with van der Waals surface area (Å²) < 4.78 is 0. The number of hydrogen-bond donors (Lipinski definition) is 1. The van der Waals surface area contributed by atoms with Crippen molar-refractivity contribution in [3.8, 4) is 0 Å². The maximum atomic E-state index is 4.91. The van der Waals surface area contributed by atoms with Crippen LogP contribution in [0.1, 0.15) is 58.0 Å². The number of nitrogens with zero attached hydrogens (tertiary/aromatic N) is 2. The van der Waals surface area contributed by atoms with Crippen molar-refractivity contribution < 1.29 is 0 Å². The van der Waals surface area contributed by atoms with Gasteiger partial charge in [0.05, 0.1) is 5.69 Å². The summed E-state index contributed by atoms with van der Waals surface area (Å²) in [6, 6.07) is 0. The Bertz CT molecular complexity index is 447. The number of rotatable bonds is 6. The second kappa shape index (κ2) is 7.10. The molecule has 0 saturated carbocycles. The van der Waals surface area contributed by atoms with Crippen LogP contribution in [0.3, 0.4) is 0 Å². The second-order valence-electron chi connectivity index (χ2n) is 7.19. The van der Waals surface area contributed by atoms with Crippen LogP contribution in [0.2, 0.25) is 0 Å². The zero-order valence-electron chi connectivity index (χ0n) is 14.3. The summed E-state index contributed by atoms with van der Waals surface area (Å²) in [6.07, 6.45) is 3.52. The SMILES string of the molecule is CCCNCc1sc(N2CCC(C(C)(C)C)C2)nc1CC. The molecule has 4 heteroatoms. The largest absolute Gasteiger partial charge is 0.348 e. The molecule has 2 heterocycles. The van der Waals surface area contributed by atoms with Crippen molar-refractivity contribution in [1.82, 2.24) is 10.3 Å². The lowest BCUT2D eigenvalue weighted by Gasteiger charge is -2.26. The van der Waals surface area contributed by atoms with Gasteiger partial charge in [-0.25, -0.2) is 4.98 Å². The van der Waals surface area contributed by atoms with Crippen LogP contribution < -0.4 is 10.2 Å². The lowest BCUT2D eigenvalue weighted by molar-refractivity contribution is 0.263. The van der Waals surface area contributed by atoms with E-state index in [1.807, 2.05) is 11.3 Å². The number of aryl methyl sites for hydroxylation is 1. The molecule has 0 aromatic carbocycles. The molecule has 1 aromatic heterocycles. The first kappa shape index (κ1) is 16.8. The van der Waals surface area contributed by atoms with Crippen LogP contribution in [0.5, 0.6) is 0 Å². The molecule has 0 bridgehead atoms. The van der Waals surface area contributed by atoms with Gasteiger partial charge in [0, 0.05) is 24.5 Å². The van der Waals surface area contributed by atoms with Gasteiger partial charge in [0.25, 0.3) is 0 Å². The lowest BCUT2D eigenvalue weighted by Crippen LogP contribution is -2.25.